The lowest BCUT2D eigenvalue weighted by Gasteiger charge is -2.22. The Kier molecular flexibility index (Phi) is 7.14. The average Bonchev–Trinajstić information content (AvgIpc) is 2.37. The zero-order chi connectivity index (χ0) is 13.4. The summed E-state index contributed by atoms with van der Waals surface area (Å²) in [5.74, 6) is 0.684. The Morgan fingerprint density at radius 3 is 2.56 bits per heavy atom. The fourth-order valence-corrected chi connectivity index (χ4v) is 3.36. The van der Waals surface area contributed by atoms with E-state index >= 15 is 0 Å². The van der Waals surface area contributed by atoms with Crippen molar-refractivity contribution in [1.29, 1.82) is 0 Å². The molecule has 0 heterocycles. The summed E-state index contributed by atoms with van der Waals surface area (Å²) in [6, 6.07) is 0. The van der Waals surface area contributed by atoms with E-state index in [2.05, 4.69) is 4.72 Å². The topological polar surface area (TPSA) is 69.6 Å². The fourth-order valence-electron chi connectivity index (χ4n) is 2.39. The molecule has 2 N–H and O–H groups in total. The SMILES string of the molecule is CN(CCCO)S(=O)(=O)NCCC1CCCCC1. The Hall–Kier alpha value is -0.170. The van der Waals surface area contributed by atoms with Gasteiger partial charge in [-0.1, -0.05) is 32.1 Å². The quantitative estimate of drug-likeness (QED) is 0.698. The molecule has 108 valence electrons. The monoisotopic (exact) mass is 278 g/mol. The molecule has 0 bridgehead atoms. The Morgan fingerprint density at radius 2 is 1.94 bits per heavy atom. The summed E-state index contributed by atoms with van der Waals surface area (Å²) in [5.41, 5.74) is 0. The number of hydrogen-bond acceptors (Lipinski definition) is 3. The van der Waals surface area contributed by atoms with Crippen LogP contribution in [0.4, 0.5) is 0 Å². The minimum absolute atomic E-state index is 0.0158. The summed E-state index contributed by atoms with van der Waals surface area (Å²) < 4.78 is 27.5. The lowest BCUT2D eigenvalue weighted by atomic mass is 9.87. The maximum Gasteiger partial charge on any atom is 0.279 e. The highest BCUT2D eigenvalue weighted by molar-refractivity contribution is 7.87. The largest absolute Gasteiger partial charge is 0.396 e. The van der Waals surface area contributed by atoms with Crippen LogP contribution >= 0.6 is 0 Å². The second-order valence-electron chi connectivity index (χ2n) is 5.09. The van der Waals surface area contributed by atoms with Gasteiger partial charge in [0.2, 0.25) is 0 Å². The molecule has 0 amide bonds. The maximum atomic E-state index is 11.8. The summed E-state index contributed by atoms with van der Waals surface area (Å²) >= 11 is 0. The van der Waals surface area contributed by atoms with Crippen molar-refractivity contribution in [3.05, 3.63) is 0 Å². The smallest absolute Gasteiger partial charge is 0.279 e. The molecule has 0 radical (unpaired) electrons. The van der Waals surface area contributed by atoms with Crippen molar-refractivity contribution in [2.24, 2.45) is 5.92 Å². The fraction of sp³-hybridized carbons (Fsp3) is 1.00. The van der Waals surface area contributed by atoms with Gasteiger partial charge >= 0.3 is 0 Å². The molecule has 6 heteroatoms. The second-order valence-corrected chi connectivity index (χ2v) is 6.95. The molecule has 1 rings (SSSR count). The van der Waals surface area contributed by atoms with E-state index in [-0.39, 0.29) is 6.61 Å². The highest BCUT2D eigenvalue weighted by Crippen LogP contribution is 2.25. The van der Waals surface area contributed by atoms with Crippen LogP contribution in [0.15, 0.2) is 0 Å². The van der Waals surface area contributed by atoms with Gasteiger partial charge in [0, 0.05) is 26.7 Å². The molecule has 0 aromatic carbocycles. The van der Waals surface area contributed by atoms with E-state index in [4.69, 9.17) is 5.11 Å². The Bertz CT molecular complexity index is 313. The van der Waals surface area contributed by atoms with E-state index in [9.17, 15) is 8.42 Å². The first kappa shape index (κ1) is 15.9. The first-order valence-corrected chi connectivity index (χ1v) is 8.32. The summed E-state index contributed by atoms with van der Waals surface area (Å²) in [7, 11) is -1.82. The van der Waals surface area contributed by atoms with Gasteiger partial charge in [0.1, 0.15) is 0 Å². The highest BCUT2D eigenvalue weighted by atomic mass is 32.2. The molecule has 1 aliphatic carbocycles. The molecule has 18 heavy (non-hydrogen) atoms. The minimum Gasteiger partial charge on any atom is -0.396 e. The Balaban J connectivity index is 2.23. The van der Waals surface area contributed by atoms with Crippen molar-refractivity contribution < 1.29 is 13.5 Å². The van der Waals surface area contributed by atoms with E-state index in [1.54, 1.807) is 7.05 Å². The van der Waals surface area contributed by atoms with Gasteiger partial charge in [0.25, 0.3) is 10.2 Å². The summed E-state index contributed by atoms with van der Waals surface area (Å²) in [6.45, 7) is 0.896. The lowest BCUT2D eigenvalue weighted by molar-refractivity contribution is 0.275. The lowest BCUT2D eigenvalue weighted by Crippen LogP contribution is -2.39. The molecular formula is C12H26N2O3S. The third-order valence-corrected chi connectivity index (χ3v) is 5.18. The molecule has 0 unspecified atom stereocenters. The molecule has 0 spiro atoms. The van der Waals surface area contributed by atoms with Crippen molar-refractivity contribution in [3.63, 3.8) is 0 Å². The van der Waals surface area contributed by atoms with E-state index in [0.717, 1.165) is 6.42 Å². The van der Waals surface area contributed by atoms with Crippen molar-refractivity contribution in [1.82, 2.24) is 9.03 Å². The van der Waals surface area contributed by atoms with Crippen molar-refractivity contribution in [2.45, 2.75) is 44.9 Å². The van der Waals surface area contributed by atoms with Crippen LogP contribution in [-0.2, 0) is 10.2 Å². The molecule has 0 atom stereocenters. The molecule has 5 nitrogen and oxygen atoms in total. The van der Waals surface area contributed by atoms with Gasteiger partial charge in [0.15, 0.2) is 0 Å². The maximum absolute atomic E-state index is 11.8. The van der Waals surface area contributed by atoms with Crippen LogP contribution in [0.3, 0.4) is 0 Å². The predicted octanol–water partition coefficient (Wildman–Crippen LogP) is 1.11. The van der Waals surface area contributed by atoms with Gasteiger partial charge in [-0.05, 0) is 18.8 Å². The first-order chi connectivity index (χ1) is 8.56. The second kappa shape index (κ2) is 8.09. The third kappa shape index (κ3) is 5.65. The molecule has 0 aliphatic heterocycles. The van der Waals surface area contributed by atoms with Crippen LogP contribution in [0.2, 0.25) is 0 Å². The Labute approximate surface area is 111 Å². The molecular weight excluding hydrogens is 252 g/mol. The number of rotatable bonds is 8. The molecule has 0 aromatic rings. The number of nitrogens with one attached hydrogen (secondary N) is 1. The Morgan fingerprint density at radius 1 is 1.28 bits per heavy atom. The predicted molar refractivity (Wildman–Crippen MR) is 72.4 cm³/mol. The zero-order valence-electron chi connectivity index (χ0n) is 11.3. The van der Waals surface area contributed by atoms with Gasteiger partial charge in [0.05, 0.1) is 0 Å². The standard InChI is InChI=1S/C12H26N2O3S/c1-14(10-5-11-15)18(16,17)13-9-8-12-6-3-2-4-7-12/h12-13,15H,2-11H2,1H3. The summed E-state index contributed by atoms with van der Waals surface area (Å²) in [4.78, 5) is 0. The van der Waals surface area contributed by atoms with Gasteiger partial charge in [-0.3, -0.25) is 0 Å². The van der Waals surface area contributed by atoms with Crippen LogP contribution < -0.4 is 4.72 Å². The number of nitrogens with zero attached hydrogens (tertiary/aromatic N) is 1. The number of aliphatic hydroxyl groups is 1. The molecule has 0 saturated heterocycles. The number of hydrogen-bond donors (Lipinski definition) is 2. The van der Waals surface area contributed by atoms with E-state index in [0.29, 0.717) is 25.4 Å². The average molecular weight is 278 g/mol. The van der Waals surface area contributed by atoms with E-state index in [1.165, 1.54) is 36.4 Å². The van der Waals surface area contributed by atoms with Crippen LogP contribution in [0.1, 0.15) is 44.9 Å². The van der Waals surface area contributed by atoms with Crippen LogP contribution in [-0.4, -0.2) is 44.6 Å². The van der Waals surface area contributed by atoms with Crippen LogP contribution in [0, 0.1) is 5.92 Å². The molecule has 0 aromatic heterocycles. The molecule has 1 aliphatic rings. The van der Waals surface area contributed by atoms with E-state index in [1.807, 2.05) is 0 Å². The third-order valence-electron chi connectivity index (χ3n) is 3.60. The summed E-state index contributed by atoms with van der Waals surface area (Å²) in [5, 5.41) is 8.69. The van der Waals surface area contributed by atoms with Crippen molar-refractivity contribution in [3.8, 4) is 0 Å². The normalized spacial score (nSPS) is 18.4. The highest BCUT2D eigenvalue weighted by Gasteiger charge is 2.18. The van der Waals surface area contributed by atoms with Crippen LogP contribution in [0.25, 0.3) is 0 Å². The van der Waals surface area contributed by atoms with Crippen LogP contribution in [0.5, 0.6) is 0 Å². The zero-order valence-corrected chi connectivity index (χ0v) is 12.1. The summed E-state index contributed by atoms with van der Waals surface area (Å²) in [6.07, 6.45) is 7.78. The van der Waals surface area contributed by atoms with Gasteiger partial charge in [-0.2, -0.15) is 12.7 Å². The molecule has 1 saturated carbocycles. The van der Waals surface area contributed by atoms with Crippen molar-refractivity contribution >= 4 is 10.2 Å². The van der Waals surface area contributed by atoms with Crippen molar-refractivity contribution in [2.75, 3.05) is 26.7 Å². The van der Waals surface area contributed by atoms with Gasteiger partial charge < -0.3 is 5.11 Å². The minimum atomic E-state index is -3.36. The number of aliphatic hydroxyl groups excluding tert-OH is 1. The molecule has 1 fully saturated rings. The van der Waals surface area contributed by atoms with E-state index < -0.39 is 10.2 Å². The first-order valence-electron chi connectivity index (χ1n) is 6.88. The van der Waals surface area contributed by atoms with Gasteiger partial charge in [-0.25, -0.2) is 4.72 Å². The van der Waals surface area contributed by atoms with Gasteiger partial charge in [-0.15, -0.1) is 0 Å².